The molecule has 0 spiro atoms. The molecular weight excluding hydrogens is 440 g/mol. The van der Waals surface area contributed by atoms with Crippen molar-refractivity contribution in [2.75, 3.05) is 7.11 Å². The molecule has 3 aromatic rings. The Morgan fingerprint density at radius 1 is 0.912 bits per heavy atom. The van der Waals surface area contributed by atoms with Gasteiger partial charge in [0.05, 0.1) is 7.11 Å². The molecule has 7 rings (SSSR count). The summed E-state index contributed by atoms with van der Waals surface area (Å²) in [6.45, 7) is 0.765. The van der Waals surface area contributed by atoms with Gasteiger partial charge in [-0.15, -0.1) is 0 Å². The molecule has 0 radical (unpaired) electrons. The number of methoxy groups -OCH3 is 1. The number of benzene rings is 3. The van der Waals surface area contributed by atoms with Crippen molar-refractivity contribution in [3.8, 4) is 5.75 Å². The summed E-state index contributed by atoms with van der Waals surface area (Å²) < 4.78 is 5.65. The van der Waals surface area contributed by atoms with Crippen LogP contribution in [0.1, 0.15) is 48.3 Å². The van der Waals surface area contributed by atoms with Crippen LogP contribution in [0.3, 0.4) is 0 Å². The van der Waals surface area contributed by atoms with E-state index in [9.17, 15) is 0 Å². The lowest BCUT2D eigenvalue weighted by molar-refractivity contribution is -0.0465. The topological polar surface area (TPSA) is 24.5 Å². The number of hydrogen-bond donors (Lipinski definition) is 1. The minimum atomic E-state index is 0.340. The van der Waals surface area contributed by atoms with E-state index in [1.54, 1.807) is 7.11 Å². The van der Waals surface area contributed by atoms with Crippen molar-refractivity contribution in [1.29, 1.82) is 0 Å². The molecule has 4 unspecified atom stereocenters. The SMILES string of the molecule is COc1ccc(Cl)cc1CNC1C2CC3CCC(C2)N3C1C(c1ccccc1)c1ccccc1. The van der Waals surface area contributed by atoms with Crippen LogP contribution in [0.4, 0.5) is 0 Å². The zero-order valence-electron chi connectivity index (χ0n) is 19.7. The summed E-state index contributed by atoms with van der Waals surface area (Å²) in [6.07, 6.45) is 5.33. The van der Waals surface area contributed by atoms with E-state index in [1.165, 1.54) is 36.8 Å². The average molecular weight is 473 g/mol. The fourth-order valence-corrected chi connectivity index (χ4v) is 7.38. The van der Waals surface area contributed by atoms with Crippen LogP contribution in [0.15, 0.2) is 78.9 Å². The summed E-state index contributed by atoms with van der Waals surface area (Å²) in [5, 5.41) is 4.79. The number of nitrogens with zero attached hydrogens (tertiary/aromatic N) is 1. The molecule has 3 nitrogen and oxygen atoms in total. The number of rotatable bonds is 7. The standard InChI is InChI=1S/C30H33ClN2O/c1-34-27-15-12-24(31)16-23(27)19-32-29-22-17-25-13-14-26(18-22)33(25)30(29)28(20-8-4-2-5-9-20)21-10-6-3-7-11-21/h2-12,15-16,22,25-26,28-30,32H,13-14,17-19H2,1H3. The zero-order valence-corrected chi connectivity index (χ0v) is 20.5. The predicted molar refractivity (Wildman–Crippen MR) is 139 cm³/mol. The first-order valence-electron chi connectivity index (χ1n) is 12.7. The fourth-order valence-electron chi connectivity index (χ4n) is 7.19. The van der Waals surface area contributed by atoms with Crippen LogP contribution in [0.2, 0.25) is 5.02 Å². The highest BCUT2D eigenvalue weighted by Crippen LogP contribution is 2.52. The molecule has 1 N–H and O–H groups in total. The molecule has 4 fully saturated rings. The molecule has 0 saturated carbocycles. The second-order valence-electron chi connectivity index (χ2n) is 10.2. The summed E-state index contributed by atoms with van der Waals surface area (Å²) in [4.78, 5) is 2.91. The molecule has 4 bridgehead atoms. The normalized spacial score (nSPS) is 29.5. The molecule has 4 aliphatic rings. The fraction of sp³-hybridized carbons (Fsp3) is 0.400. The Morgan fingerprint density at radius 3 is 2.12 bits per heavy atom. The van der Waals surface area contributed by atoms with Gasteiger partial charge in [0.25, 0.3) is 0 Å². The third-order valence-corrected chi connectivity index (χ3v) is 8.71. The van der Waals surface area contributed by atoms with Crippen molar-refractivity contribution in [2.45, 2.75) is 62.3 Å². The number of ether oxygens (including phenoxy) is 1. The van der Waals surface area contributed by atoms with Gasteiger partial charge < -0.3 is 10.1 Å². The van der Waals surface area contributed by atoms with E-state index in [0.717, 1.165) is 35.0 Å². The second kappa shape index (κ2) is 9.37. The third-order valence-electron chi connectivity index (χ3n) is 8.48. The van der Waals surface area contributed by atoms with E-state index in [0.29, 0.717) is 23.9 Å². The first kappa shape index (κ1) is 22.2. The second-order valence-corrected chi connectivity index (χ2v) is 10.7. The van der Waals surface area contributed by atoms with Crippen LogP contribution in [0.5, 0.6) is 5.75 Å². The zero-order chi connectivity index (χ0) is 23.1. The van der Waals surface area contributed by atoms with Crippen molar-refractivity contribution < 1.29 is 4.74 Å². The van der Waals surface area contributed by atoms with Crippen molar-refractivity contribution in [3.63, 3.8) is 0 Å². The number of nitrogens with one attached hydrogen (secondary N) is 1. The van der Waals surface area contributed by atoms with Gasteiger partial charge in [-0.25, -0.2) is 0 Å². The van der Waals surface area contributed by atoms with E-state index in [-0.39, 0.29) is 0 Å². The highest BCUT2D eigenvalue weighted by molar-refractivity contribution is 6.30. The van der Waals surface area contributed by atoms with Crippen LogP contribution in [-0.4, -0.2) is 36.2 Å². The van der Waals surface area contributed by atoms with Crippen molar-refractivity contribution >= 4 is 11.6 Å². The van der Waals surface area contributed by atoms with Gasteiger partial charge in [0.2, 0.25) is 0 Å². The van der Waals surface area contributed by atoms with Crippen LogP contribution >= 0.6 is 11.6 Å². The van der Waals surface area contributed by atoms with Gasteiger partial charge in [0, 0.05) is 47.2 Å². The molecule has 176 valence electrons. The Kier molecular flexibility index (Phi) is 6.11. The summed E-state index contributed by atoms with van der Waals surface area (Å²) >= 11 is 6.35. The van der Waals surface area contributed by atoms with Gasteiger partial charge in [-0.05, 0) is 60.9 Å². The molecular formula is C30H33ClN2O. The van der Waals surface area contributed by atoms with Crippen molar-refractivity contribution in [1.82, 2.24) is 10.2 Å². The molecule has 4 heterocycles. The maximum atomic E-state index is 6.35. The van der Waals surface area contributed by atoms with E-state index < -0.39 is 0 Å². The molecule has 4 saturated heterocycles. The maximum absolute atomic E-state index is 6.35. The van der Waals surface area contributed by atoms with Crippen molar-refractivity contribution in [3.05, 3.63) is 101 Å². The monoisotopic (exact) mass is 472 g/mol. The maximum Gasteiger partial charge on any atom is 0.123 e. The summed E-state index contributed by atoms with van der Waals surface area (Å²) in [5.41, 5.74) is 3.96. The van der Waals surface area contributed by atoms with E-state index >= 15 is 0 Å². The quantitative estimate of drug-likeness (QED) is 0.439. The number of hydrogen-bond acceptors (Lipinski definition) is 3. The van der Waals surface area contributed by atoms with Crippen LogP contribution in [0, 0.1) is 5.92 Å². The van der Waals surface area contributed by atoms with Gasteiger partial charge in [0.1, 0.15) is 5.75 Å². The van der Waals surface area contributed by atoms with Crippen LogP contribution in [-0.2, 0) is 6.54 Å². The lowest BCUT2D eigenvalue weighted by Gasteiger charge is -2.58. The summed E-state index contributed by atoms with van der Waals surface area (Å²) in [7, 11) is 1.74. The first-order chi connectivity index (χ1) is 16.7. The highest BCUT2D eigenvalue weighted by atomic mass is 35.5. The first-order valence-corrected chi connectivity index (χ1v) is 13.0. The smallest absolute Gasteiger partial charge is 0.123 e. The predicted octanol–water partition coefficient (Wildman–Crippen LogP) is 6.26. The van der Waals surface area contributed by atoms with E-state index in [2.05, 4.69) is 70.9 Å². The Bertz CT molecular complexity index is 1070. The Labute approximate surface area is 208 Å². The van der Waals surface area contributed by atoms with Gasteiger partial charge in [-0.3, -0.25) is 4.90 Å². The van der Waals surface area contributed by atoms with E-state index in [1.807, 2.05) is 18.2 Å². The Morgan fingerprint density at radius 2 is 1.53 bits per heavy atom. The molecule has 4 aliphatic heterocycles. The van der Waals surface area contributed by atoms with Crippen LogP contribution < -0.4 is 10.1 Å². The Hall–Kier alpha value is -2.33. The molecule has 34 heavy (non-hydrogen) atoms. The van der Waals surface area contributed by atoms with E-state index in [4.69, 9.17) is 16.3 Å². The Balaban J connectivity index is 1.39. The number of piperidine rings is 3. The average Bonchev–Trinajstić information content (AvgIpc) is 3.17. The number of fused-ring (bicyclic) bond motifs is 1. The summed E-state index contributed by atoms with van der Waals surface area (Å²) in [6, 6.07) is 30.5. The summed E-state index contributed by atoms with van der Waals surface area (Å²) in [5.74, 6) is 1.94. The lowest BCUT2D eigenvalue weighted by atomic mass is 9.68. The molecule has 4 atom stereocenters. The minimum absolute atomic E-state index is 0.340. The molecule has 0 amide bonds. The molecule has 0 aromatic heterocycles. The molecule has 3 aromatic carbocycles. The van der Waals surface area contributed by atoms with Gasteiger partial charge >= 0.3 is 0 Å². The third kappa shape index (κ3) is 3.94. The lowest BCUT2D eigenvalue weighted by Crippen LogP contribution is -2.68. The van der Waals surface area contributed by atoms with Gasteiger partial charge in [-0.2, -0.15) is 0 Å². The highest BCUT2D eigenvalue weighted by Gasteiger charge is 2.56. The largest absolute Gasteiger partial charge is 0.496 e. The molecule has 0 aliphatic carbocycles. The minimum Gasteiger partial charge on any atom is -0.496 e. The van der Waals surface area contributed by atoms with Crippen molar-refractivity contribution in [2.24, 2.45) is 5.92 Å². The van der Waals surface area contributed by atoms with Gasteiger partial charge in [-0.1, -0.05) is 72.3 Å². The molecule has 4 heteroatoms. The van der Waals surface area contributed by atoms with Crippen LogP contribution in [0.25, 0.3) is 0 Å². The number of halogens is 1. The van der Waals surface area contributed by atoms with Gasteiger partial charge in [0.15, 0.2) is 0 Å².